The molecule has 52 heavy (non-hydrogen) atoms. The molecule has 2 aromatic heterocycles. The number of hydrogen-bond donors (Lipinski definition) is 2. The maximum Gasteiger partial charge on any atom is 0.423 e. The van der Waals surface area contributed by atoms with Gasteiger partial charge in [-0.2, -0.15) is 36.3 Å². The molecular formula is C38H48F6N6O2. The van der Waals surface area contributed by atoms with Crippen LogP contribution < -0.4 is 20.1 Å². The Balaban J connectivity index is 0.000000280. The lowest BCUT2D eigenvalue weighted by Gasteiger charge is -2.23. The SMILES string of the molecule is CCC(C)Oc1nc(Nc2ccc(C(C)CC)cc2)ncc1C(F)(F)F.CCC(C)c1ccc(Nc2ncc(C(F)(F)F)c(OC(C)(C)C)n2)cc1. The molecule has 0 aliphatic carbocycles. The molecule has 0 saturated heterocycles. The summed E-state index contributed by atoms with van der Waals surface area (Å²) < 4.78 is 89.6. The van der Waals surface area contributed by atoms with E-state index in [9.17, 15) is 26.3 Å². The van der Waals surface area contributed by atoms with E-state index in [0.717, 1.165) is 25.2 Å². The smallest absolute Gasteiger partial charge is 0.423 e. The van der Waals surface area contributed by atoms with Crippen LogP contribution in [0.2, 0.25) is 0 Å². The fourth-order valence-electron chi connectivity index (χ4n) is 4.49. The summed E-state index contributed by atoms with van der Waals surface area (Å²) in [7, 11) is 0. The van der Waals surface area contributed by atoms with E-state index in [1.807, 2.05) is 55.5 Å². The number of hydrogen-bond acceptors (Lipinski definition) is 8. The molecule has 3 atom stereocenters. The molecule has 0 spiro atoms. The lowest BCUT2D eigenvalue weighted by Crippen LogP contribution is -2.26. The zero-order valence-electron chi connectivity index (χ0n) is 31.0. The maximum atomic E-state index is 13.2. The molecule has 0 amide bonds. The lowest BCUT2D eigenvalue weighted by molar-refractivity contribution is -0.141. The highest BCUT2D eigenvalue weighted by Crippen LogP contribution is 2.38. The van der Waals surface area contributed by atoms with Crippen molar-refractivity contribution in [2.24, 2.45) is 0 Å². The van der Waals surface area contributed by atoms with Gasteiger partial charge in [0.15, 0.2) is 0 Å². The minimum absolute atomic E-state index is 0.0496. The van der Waals surface area contributed by atoms with E-state index in [2.05, 4.69) is 58.3 Å². The molecule has 0 bridgehead atoms. The number of alkyl halides is 6. The first-order valence-corrected chi connectivity index (χ1v) is 17.2. The summed E-state index contributed by atoms with van der Waals surface area (Å²) in [6.45, 7) is 17.0. The van der Waals surface area contributed by atoms with Crippen molar-refractivity contribution in [2.75, 3.05) is 10.6 Å². The molecule has 2 aromatic carbocycles. The van der Waals surface area contributed by atoms with E-state index in [1.165, 1.54) is 11.1 Å². The number of benzene rings is 2. The number of aromatic nitrogens is 4. The van der Waals surface area contributed by atoms with Gasteiger partial charge >= 0.3 is 12.4 Å². The van der Waals surface area contributed by atoms with E-state index in [-0.39, 0.29) is 18.0 Å². The minimum Gasteiger partial charge on any atom is -0.474 e. The monoisotopic (exact) mass is 734 g/mol. The van der Waals surface area contributed by atoms with Gasteiger partial charge in [0.1, 0.15) is 16.7 Å². The predicted molar refractivity (Wildman–Crippen MR) is 192 cm³/mol. The van der Waals surface area contributed by atoms with Gasteiger partial charge in [0.25, 0.3) is 0 Å². The molecule has 3 unspecified atom stereocenters. The second-order valence-corrected chi connectivity index (χ2v) is 13.5. The molecule has 4 rings (SSSR count). The summed E-state index contributed by atoms with van der Waals surface area (Å²) in [6.07, 6.45) is -5.41. The van der Waals surface area contributed by atoms with Crippen LogP contribution in [-0.4, -0.2) is 31.6 Å². The summed E-state index contributed by atoms with van der Waals surface area (Å²) >= 11 is 0. The molecule has 0 saturated carbocycles. The van der Waals surface area contributed by atoms with Gasteiger partial charge < -0.3 is 20.1 Å². The van der Waals surface area contributed by atoms with Gasteiger partial charge in [0.05, 0.1) is 6.10 Å². The van der Waals surface area contributed by atoms with Gasteiger partial charge in [0.2, 0.25) is 23.7 Å². The fraction of sp³-hybridized carbons (Fsp3) is 0.474. The molecule has 0 aliphatic heterocycles. The Morgan fingerprint density at radius 2 is 0.981 bits per heavy atom. The van der Waals surface area contributed by atoms with Crippen LogP contribution in [0.1, 0.15) is 116 Å². The molecule has 284 valence electrons. The third kappa shape index (κ3) is 12.6. The van der Waals surface area contributed by atoms with Crippen molar-refractivity contribution in [1.82, 2.24) is 19.9 Å². The van der Waals surface area contributed by atoms with Crippen LogP contribution in [-0.2, 0) is 12.4 Å². The average molecular weight is 735 g/mol. The number of rotatable bonds is 12. The van der Waals surface area contributed by atoms with Crippen molar-refractivity contribution in [3.63, 3.8) is 0 Å². The van der Waals surface area contributed by atoms with E-state index in [1.54, 1.807) is 27.7 Å². The van der Waals surface area contributed by atoms with Gasteiger partial charge in [-0.05, 0) is 94.2 Å². The van der Waals surface area contributed by atoms with Gasteiger partial charge in [-0.1, -0.05) is 58.9 Å². The van der Waals surface area contributed by atoms with Crippen LogP contribution >= 0.6 is 0 Å². The zero-order chi connectivity index (χ0) is 38.9. The molecule has 0 aliphatic rings. The Kier molecular flexibility index (Phi) is 14.3. The van der Waals surface area contributed by atoms with Crippen LogP contribution in [0.5, 0.6) is 11.8 Å². The normalized spacial score (nSPS) is 13.7. The molecule has 2 heterocycles. The fourth-order valence-corrected chi connectivity index (χ4v) is 4.49. The van der Waals surface area contributed by atoms with Crippen molar-refractivity contribution < 1.29 is 35.8 Å². The van der Waals surface area contributed by atoms with E-state index < -0.39 is 40.8 Å². The van der Waals surface area contributed by atoms with Crippen LogP contribution in [0.4, 0.5) is 49.6 Å². The molecule has 2 N–H and O–H groups in total. The van der Waals surface area contributed by atoms with Crippen molar-refractivity contribution in [2.45, 2.75) is 117 Å². The average Bonchev–Trinajstić information content (AvgIpc) is 3.07. The van der Waals surface area contributed by atoms with E-state index >= 15 is 0 Å². The Morgan fingerprint density at radius 1 is 0.596 bits per heavy atom. The summed E-state index contributed by atoms with van der Waals surface area (Å²) in [5.74, 6) is 0.0560. The highest BCUT2D eigenvalue weighted by Gasteiger charge is 2.38. The minimum atomic E-state index is -4.59. The number of nitrogens with zero attached hydrogens (tertiary/aromatic N) is 4. The van der Waals surface area contributed by atoms with Crippen LogP contribution in [0.15, 0.2) is 60.9 Å². The third-order valence-corrected chi connectivity index (χ3v) is 8.11. The molecule has 0 fully saturated rings. The molecule has 0 radical (unpaired) electrons. The van der Waals surface area contributed by atoms with Crippen molar-refractivity contribution in [3.05, 3.63) is 83.2 Å². The largest absolute Gasteiger partial charge is 0.474 e. The van der Waals surface area contributed by atoms with Crippen molar-refractivity contribution in [3.8, 4) is 11.8 Å². The quantitative estimate of drug-likeness (QED) is 0.139. The topological polar surface area (TPSA) is 94.1 Å². The summed E-state index contributed by atoms with van der Waals surface area (Å²) in [5.41, 5.74) is 1.00. The first-order valence-electron chi connectivity index (χ1n) is 17.2. The Hall–Kier alpha value is -4.62. The lowest BCUT2D eigenvalue weighted by atomic mass is 9.99. The first kappa shape index (κ1) is 41.8. The van der Waals surface area contributed by atoms with Crippen LogP contribution in [0.25, 0.3) is 0 Å². The second-order valence-electron chi connectivity index (χ2n) is 13.5. The Morgan fingerprint density at radius 3 is 1.33 bits per heavy atom. The third-order valence-electron chi connectivity index (χ3n) is 8.11. The summed E-state index contributed by atoms with van der Waals surface area (Å²) in [6, 6.07) is 15.4. The van der Waals surface area contributed by atoms with E-state index in [0.29, 0.717) is 29.6 Å². The Labute approximate surface area is 301 Å². The van der Waals surface area contributed by atoms with Crippen LogP contribution in [0.3, 0.4) is 0 Å². The molecule has 14 heteroatoms. The molecule has 8 nitrogen and oxygen atoms in total. The number of anilines is 4. The molecular weight excluding hydrogens is 686 g/mol. The zero-order valence-corrected chi connectivity index (χ0v) is 31.0. The number of halogens is 6. The van der Waals surface area contributed by atoms with Crippen molar-refractivity contribution in [1.29, 1.82) is 0 Å². The predicted octanol–water partition coefficient (Wildman–Crippen LogP) is 11.9. The van der Waals surface area contributed by atoms with Gasteiger partial charge in [-0.25, -0.2) is 9.97 Å². The highest BCUT2D eigenvalue weighted by molar-refractivity contribution is 5.55. The molecule has 4 aromatic rings. The number of ether oxygens (including phenoxy) is 2. The first-order chi connectivity index (χ1) is 24.2. The van der Waals surface area contributed by atoms with Crippen LogP contribution in [0, 0.1) is 0 Å². The number of nitrogens with one attached hydrogen (secondary N) is 2. The summed E-state index contributed by atoms with van der Waals surface area (Å²) in [5, 5.41) is 5.85. The highest BCUT2D eigenvalue weighted by atomic mass is 19.4. The van der Waals surface area contributed by atoms with Crippen molar-refractivity contribution >= 4 is 23.3 Å². The Bertz CT molecular complexity index is 1710. The van der Waals surface area contributed by atoms with Gasteiger partial charge in [-0.3, -0.25) is 0 Å². The van der Waals surface area contributed by atoms with Gasteiger partial charge in [0, 0.05) is 23.8 Å². The summed E-state index contributed by atoms with van der Waals surface area (Å²) in [4.78, 5) is 15.4. The maximum absolute atomic E-state index is 13.2. The van der Waals surface area contributed by atoms with E-state index in [4.69, 9.17) is 9.47 Å². The standard InChI is InChI=1S/2C19H24F3N3O/c1-6-12(2)13-7-9-14(10-8-13)24-17-23-11-15(19(20,21)22)16(25-17)26-18(3,4)5;1-5-12(3)14-7-9-15(10-8-14)24-18-23-11-16(19(20,21)22)17(25-18)26-13(4)6-2/h7-12H,6H2,1-5H3,(H,23,24,25);7-13H,5-6H2,1-4H3,(H,23,24,25). The second kappa shape index (κ2) is 17.7. The van der Waals surface area contributed by atoms with Gasteiger partial charge in [-0.15, -0.1) is 0 Å².